The molecule has 0 atom stereocenters. The van der Waals surface area contributed by atoms with Crippen LogP contribution in [0.4, 0.5) is 5.69 Å². The number of benzene rings is 1. The number of nitrogens with one attached hydrogen (secondary N) is 1. The number of ether oxygens (including phenoxy) is 3. The smallest absolute Gasteiger partial charge is 0.282 e. The molecule has 23 heavy (non-hydrogen) atoms. The molecule has 1 N–H and O–H groups in total. The molecule has 0 saturated carbocycles. The van der Waals surface area contributed by atoms with Crippen LogP contribution in [-0.4, -0.2) is 31.1 Å². The van der Waals surface area contributed by atoms with E-state index in [0.29, 0.717) is 34.0 Å². The standard InChI is InChI=1S/C15H18BrN3O4/c1-19-15(20)14(16)10(8-18-19)17-7-9-5-12(22-3)13(23-4)6-11(9)21-2/h5-6,8,17H,7H2,1-4H3. The molecule has 0 bridgehead atoms. The van der Waals surface area contributed by atoms with E-state index in [-0.39, 0.29) is 5.56 Å². The zero-order chi connectivity index (χ0) is 17.0. The Bertz CT molecular complexity index is 761. The molecule has 0 unspecified atom stereocenters. The topological polar surface area (TPSA) is 74.6 Å². The lowest BCUT2D eigenvalue weighted by Crippen LogP contribution is -2.21. The lowest BCUT2D eigenvalue weighted by Gasteiger charge is -2.15. The van der Waals surface area contributed by atoms with Gasteiger partial charge in [0.05, 0.1) is 33.2 Å². The molecule has 0 fully saturated rings. The summed E-state index contributed by atoms with van der Waals surface area (Å²) >= 11 is 3.28. The summed E-state index contributed by atoms with van der Waals surface area (Å²) in [7, 11) is 6.31. The molecule has 2 rings (SSSR count). The van der Waals surface area contributed by atoms with Gasteiger partial charge < -0.3 is 19.5 Å². The number of methoxy groups -OCH3 is 3. The maximum Gasteiger partial charge on any atom is 0.282 e. The molecule has 1 heterocycles. The summed E-state index contributed by atoms with van der Waals surface area (Å²) in [4.78, 5) is 11.9. The summed E-state index contributed by atoms with van der Waals surface area (Å²) in [5.41, 5.74) is 1.25. The van der Waals surface area contributed by atoms with Crippen LogP contribution in [0.15, 0.2) is 27.6 Å². The molecule has 1 aromatic carbocycles. The molecule has 1 aromatic heterocycles. The van der Waals surface area contributed by atoms with Crippen molar-refractivity contribution in [2.75, 3.05) is 26.6 Å². The average molecular weight is 384 g/mol. The molecular weight excluding hydrogens is 366 g/mol. The number of aryl methyl sites for hydroxylation is 1. The van der Waals surface area contributed by atoms with Crippen molar-refractivity contribution in [3.05, 3.63) is 38.7 Å². The highest BCUT2D eigenvalue weighted by Gasteiger charge is 2.13. The van der Waals surface area contributed by atoms with Gasteiger partial charge in [-0.15, -0.1) is 0 Å². The highest BCUT2D eigenvalue weighted by molar-refractivity contribution is 9.10. The minimum Gasteiger partial charge on any atom is -0.496 e. The van der Waals surface area contributed by atoms with Gasteiger partial charge in [-0.25, -0.2) is 4.68 Å². The van der Waals surface area contributed by atoms with E-state index < -0.39 is 0 Å². The van der Waals surface area contributed by atoms with E-state index in [2.05, 4.69) is 26.3 Å². The van der Waals surface area contributed by atoms with Gasteiger partial charge >= 0.3 is 0 Å². The summed E-state index contributed by atoms with van der Waals surface area (Å²) in [5, 5.41) is 7.15. The van der Waals surface area contributed by atoms with Gasteiger partial charge in [0.15, 0.2) is 11.5 Å². The van der Waals surface area contributed by atoms with Gasteiger partial charge in [0.2, 0.25) is 0 Å². The van der Waals surface area contributed by atoms with E-state index in [1.165, 1.54) is 4.68 Å². The SMILES string of the molecule is COc1cc(OC)c(OC)cc1CNc1cnn(C)c(=O)c1Br. The minimum atomic E-state index is -0.214. The minimum absolute atomic E-state index is 0.214. The fraction of sp³-hybridized carbons (Fsp3) is 0.333. The van der Waals surface area contributed by atoms with Crippen LogP contribution in [0.2, 0.25) is 0 Å². The van der Waals surface area contributed by atoms with E-state index >= 15 is 0 Å². The predicted molar refractivity (Wildman–Crippen MR) is 90.6 cm³/mol. The molecule has 0 spiro atoms. The second-order valence-electron chi connectivity index (χ2n) is 4.67. The van der Waals surface area contributed by atoms with Crippen molar-refractivity contribution in [3.63, 3.8) is 0 Å². The molecule has 0 amide bonds. The van der Waals surface area contributed by atoms with Gasteiger partial charge in [-0.3, -0.25) is 4.79 Å². The van der Waals surface area contributed by atoms with E-state index in [1.54, 1.807) is 40.6 Å². The molecule has 0 aliphatic carbocycles. The number of anilines is 1. The van der Waals surface area contributed by atoms with Gasteiger partial charge in [-0.1, -0.05) is 0 Å². The molecule has 0 aliphatic heterocycles. The molecular formula is C15H18BrN3O4. The first-order chi connectivity index (χ1) is 11.0. The van der Waals surface area contributed by atoms with Crippen molar-refractivity contribution in [3.8, 4) is 17.2 Å². The van der Waals surface area contributed by atoms with Crippen LogP contribution < -0.4 is 25.1 Å². The van der Waals surface area contributed by atoms with E-state index in [4.69, 9.17) is 14.2 Å². The van der Waals surface area contributed by atoms with Crippen LogP contribution in [0.3, 0.4) is 0 Å². The lowest BCUT2D eigenvalue weighted by molar-refractivity contribution is 0.347. The van der Waals surface area contributed by atoms with Gasteiger partial charge in [0.1, 0.15) is 10.2 Å². The van der Waals surface area contributed by atoms with Gasteiger partial charge in [-0.05, 0) is 22.0 Å². The molecule has 2 aromatic rings. The van der Waals surface area contributed by atoms with Crippen molar-refractivity contribution < 1.29 is 14.2 Å². The summed E-state index contributed by atoms with van der Waals surface area (Å²) in [6.07, 6.45) is 1.58. The predicted octanol–water partition coefficient (Wildman–Crippen LogP) is 2.18. The molecule has 124 valence electrons. The third-order valence-corrected chi connectivity index (χ3v) is 4.10. The Morgan fingerprint density at radius 3 is 2.35 bits per heavy atom. The monoisotopic (exact) mass is 383 g/mol. The number of nitrogens with zero attached hydrogens (tertiary/aromatic N) is 2. The maximum atomic E-state index is 11.9. The molecule has 0 aliphatic rings. The third kappa shape index (κ3) is 3.58. The van der Waals surface area contributed by atoms with Crippen LogP contribution in [0, 0.1) is 0 Å². The van der Waals surface area contributed by atoms with Gasteiger partial charge in [0, 0.05) is 25.2 Å². The Labute approximate surface area is 142 Å². The summed E-state index contributed by atoms with van der Waals surface area (Å²) in [5.74, 6) is 1.85. The Kier molecular flexibility index (Phi) is 5.49. The quantitative estimate of drug-likeness (QED) is 0.823. The van der Waals surface area contributed by atoms with Crippen LogP contribution in [-0.2, 0) is 13.6 Å². The van der Waals surface area contributed by atoms with Crippen LogP contribution in [0.1, 0.15) is 5.56 Å². The molecule has 0 radical (unpaired) electrons. The summed E-state index contributed by atoms with van der Waals surface area (Å²) in [6, 6.07) is 3.58. The molecule has 0 saturated heterocycles. The van der Waals surface area contributed by atoms with E-state index in [1.807, 2.05) is 6.07 Å². The normalized spacial score (nSPS) is 10.3. The number of rotatable bonds is 6. The molecule has 8 heteroatoms. The first-order valence-corrected chi connectivity index (χ1v) is 7.55. The number of hydrogen-bond donors (Lipinski definition) is 1. The second-order valence-corrected chi connectivity index (χ2v) is 5.47. The Morgan fingerprint density at radius 1 is 1.13 bits per heavy atom. The largest absolute Gasteiger partial charge is 0.496 e. The number of halogens is 1. The lowest BCUT2D eigenvalue weighted by atomic mass is 10.1. The van der Waals surface area contributed by atoms with Crippen molar-refractivity contribution in [2.45, 2.75) is 6.54 Å². The third-order valence-electron chi connectivity index (χ3n) is 3.33. The van der Waals surface area contributed by atoms with Gasteiger partial charge in [0.25, 0.3) is 5.56 Å². The molecule has 7 nitrogen and oxygen atoms in total. The number of hydrogen-bond acceptors (Lipinski definition) is 6. The highest BCUT2D eigenvalue weighted by Crippen LogP contribution is 2.35. The maximum absolute atomic E-state index is 11.9. The fourth-order valence-corrected chi connectivity index (χ4v) is 2.55. The average Bonchev–Trinajstić information content (AvgIpc) is 2.58. The zero-order valence-electron chi connectivity index (χ0n) is 13.3. The van der Waals surface area contributed by atoms with Crippen LogP contribution in [0.5, 0.6) is 17.2 Å². The van der Waals surface area contributed by atoms with Crippen molar-refractivity contribution in [1.29, 1.82) is 0 Å². The summed E-state index contributed by atoms with van der Waals surface area (Å²) in [6.45, 7) is 0.428. The zero-order valence-corrected chi connectivity index (χ0v) is 14.9. The van der Waals surface area contributed by atoms with Crippen molar-refractivity contribution in [1.82, 2.24) is 9.78 Å². The highest BCUT2D eigenvalue weighted by atomic mass is 79.9. The van der Waals surface area contributed by atoms with Crippen LogP contribution >= 0.6 is 15.9 Å². The number of aromatic nitrogens is 2. The second kappa shape index (κ2) is 7.36. The van der Waals surface area contributed by atoms with Gasteiger partial charge in [-0.2, -0.15) is 5.10 Å². The fourth-order valence-electron chi connectivity index (χ4n) is 2.06. The first kappa shape index (κ1) is 17.1. The van der Waals surface area contributed by atoms with E-state index in [9.17, 15) is 4.79 Å². The Balaban J connectivity index is 2.30. The van der Waals surface area contributed by atoms with Crippen molar-refractivity contribution >= 4 is 21.6 Å². The Hall–Kier alpha value is -2.22. The van der Waals surface area contributed by atoms with Crippen molar-refractivity contribution in [2.24, 2.45) is 7.05 Å². The summed E-state index contributed by atoms with van der Waals surface area (Å²) < 4.78 is 17.6. The Morgan fingerprint density at radius 2 is 1.74 bits per heavy atom. The van der Waals surface area contributed by atoms with Crippen LogP contribution in [0.25, 0.3) is 0 Å². The first-order valence-electron chi connectivity index (χ1n) is 6.76. The van der Waals surface area contributed by atoms with E-state index in [0.717, 1.165) is 5.56 Å².